The normalized spacial score (nSPS) is 14.7. The number of hydrogen-bond donors (Lipinski definition) is 3. The van der Waals surface area contributed by atoms with Crippen molar-refractivity contribution in [1.82, 2.24) is 0 Å². The van der Waals surface area contributed by atoms with Crippen LogP contribution in [0.5, 0.6) is 23.0 Å². The third-order valence-corrected chi connectivity index (χ3v) is 5.44. The number of fused-ring (bicyclic) bond motifs is 3. The van der Waals surface area contributed by atoms with Gasteiger partial charge < -0.3 is 29.2 Å². The van der Waals surface area contributed by atoms with E-state index in [2.05, 4.69) is 0 Å². The molecule has 3 aromatic rings. The molecule has 0 fully saturated rings. The first kappa shape index (κ1) is 20.7. The van der Waals surface area contributed by atoms with Crippen molar-refractivity contribution in [2.24, 2.45) is 0 Å². The van der Waals surface area contributed by atoms with Crippen molar-refractivity contribution in [1.29, 1.82) is 0 Å². The lowest BCUT2D eigenvalue weighted by atomic mass is 9.96. The molecule has 0 unspecified atom stereocenters. The zero-order chi connectivity index (χ0) is 22.7. The van der Waals surface area contributed by atoms with Gasteiger partial charge in [0.1, 0.15) is 33.8 Å². The summed E-state index contributed by atoms with van der Waals surface area (Å²) >= 11 is 0. The lowest BCUT2D eigenvalue weighted by Gasteiger charge is -2.30. The second-order valence-corrected chi connectivity index (χ2v) is 8.35. The summed E-state index contributed by atoms with van der Waals surface area (Å²) in [5.74, 6) is -0.113. The summed E-state index contributed by atoms with van der Waals surface area (Å²) in [6.07, 6.45) is 3.62. The molecule has 2 aromatic carbocycles. The predicted octanol–water partition coefficient (Wildman–Crippen LogP) is 4.94. The highest BCUT2D eigenvalue weighted by molar-refractivity contribution is 5.99. The number of benzene rings is 2. The molecule has 31 heavy (non-hydrogen) atoms. The SMILES string of the molecule is COc1c(O)cc2oc3cc4c(c(O)c3c(=O)c2c1CC=C(C)C)C=C(O)C(C)(C)O4. The smallest absolute Gasteiger partial charge is 0.204 e. The fourth-order valence-electron chi connectivity index (χ4n) is 3.78. The van der Waals surface area contributed by atoms with Crippen molar-refractivity contribution in [3.63, 3.8) is 0 Å². The van der Waals surface area contributed by atoms with E-state index in [0.717, 1.165) is 5.57 Å². The molecule has 1 aliphatic rings. The van der Waals surface area contributed by atoms with Gasteiger partial charge in [0.2, 0.25) is 5.43 Å². The lowest BCUT2D eigenvalue weighted by molar-refractivity contribution is 0.0933. The van der Waals surface area contributed by atoms with Gasteiger partial charge in [0, 0.05) is 17.7 Å². The van der Waals surface area contributed by atoms with Crippen molar-refractivity contribution in [2.75, 3.05) is 7.11 Å². The van der Waals surface area contributed by atoms with E-state index in [4.69, 9.17) is 13.9 Å². The molecule has 2 heterocycles. The van der Waals surface area contributed by atoms with Gasteiger partial charge in [-0.15, -0.1) is 0 Å². The topological polar surface area (TPSA) is 109 Å². The Morgan fingerprint density at radius 1 is 1.13 bits per heavy atom. The van der Waals surface area contributed by atoms with Crippen LogP contribution in [0.4, 0.5) is 0 Å². The van der Waals surface area contributed by atoms with Gasteiger partial charge in [-0.2, -0.15) is 0 Å². The van der Waals surface area contributed by atoms with Gasteiger partial charge in [0.15, 0.2) is 17.1 Å². The summed E-state index contributed by atoms with van der Waals surface area (Å²) in [7, 11) is 1.41. The molecular formula is C24H24O7. The minimum Gasteiger partial charge on any atom is -0.508 e. The molecular weight excluding hydrogens is 400 g/mol. The van der Waals surface area contributed by atoms with Crippen LogP contribution in [0.25, 0.3) is 28.0 Å². The van der Waals surface area contributed by atoms with Crippen LogP contribution in [0.2, 0.25) is 0 Å². The summed E-state index contributed by atoms with van der Waals surface area (Å²) in [5, 5.41) is 31.8. The fraction of sp³-hybridized carbons (Fsp3) is 0.292. The Bertz CT molecular complexity index is 1350. The summed E-state index contributed by atoms with van der Waals surface area (Å²) in [6.45, 7) is 7.21. The number of phenolic OH excluding ortho intramolecular Hbond substituents is 2. The fourth-order valence-corrected chi connectivity index (χ4v) is 3.78. The predicted molar refractivity (Wildman–Crippen MR) is 118 cm³/mol. The number of aliphatic hydroxyl groups excluding tert-OH is 1. The Hall–Kier alpha value is -3.61. The quantitative estimate of drug-likeness (QED) is 0.403. The maximum Gasteiger partial charge on any atom is 0.204 e. The third-order valence-electron chi connectivity index (χ3n) is 5.44. The van der Waals surface area contributed by atoms with Crippen molar-refractivity contribution in [3.8, 4) is 23.0 Å². The molecule has 1 aliphatic heterocycles. The number of aliphatic hydroxyl groups is 1. The molecule has 7 heteroatoms. The molecule has 4 rings (SSSR count). The number of phenols is 2. The number of ether oxygens (including phenoxy) is 2. The van der Waals surface area contributed by atoms with Crippen LogP contribution in [0, 0.1) is 0 Å². The van der Waals surface area contributed by atoms with Crippen LogP contribution in [0.15, 0.2) is 38.8 Å². The molecule has 162 valence electrons. The van der Waals surface area contributed by atoms with Gasteiger partial charge in [-0.3, -0.25) is 4.79 Å². The second-order valence-electron chi connectivity index (χ2n) is 8.35. The van der Waals surface area contributed by atoms with E-state index in [1.807, 2.05) is 19.9 Å². The molecule has 7 nitrogen and oxygen atoms in total. The number of hydrogen-bond acceptors (Lipinski definition) is 7. The summed E-state index contributed by atoms with van der Waals surface area (Å²) in [4.78, 5) is 13.5. The first-order valence-corrected chi connectivity index (χ1v) is 9.84. The van der Waals surface area contributed by atoms with Gasteiger partial charge in [0.25, 0.3) is 0 Å². The average molecular weight is 424 g/mol. The van der Waals surface area contributed by atoms with Gasteiger partial charge in [-0.05, 0) is 40.2 Å². The average Bonchev–Trinajstić information content (AvgIpc) is 2.67. The number of allylic oxidation sites excluding steroid dienone is 2. The van der Waals surface area contributed by atoms with Crippen molar-refractivity contribution < 1.29 is 29.2 Å². The van der Waals surface area contributed by atoms with Crippen LogP contribution < -0.4 is 14.9 Å². The Kier molecular flexibility index (Phi) is 4.65. The van der Waals surface area contributed by atoms with Crippen LogP contribution in [0.3, 0.4) is 0 Å². The van der Waals surface area contributed by atoms with Crippen LogP contribution in [-0.4, -0.2) is 28.0 Å². The molecule has 0 bridgehead atoms. The highest BCUT2D eigenvalue weighted by Crippen LogP contribution is 2.44. The van der Waals surface area contributed by atoms with Crippen molar-refractivity contribution in [2.45, 2.75) is 39.7 Å². The standard InChI is InChI=1S/C24H24O7/c1-11(2)6-7-12-19-16(9-14(25)23(12)29-5)30-17-10-15-13(21(27)20(17)22(19)28)8-18(26)24(3,4)31-15/h6,8-10,25-27H,7H2,1-5H3. The van der Waals surface area contributed by atoms with Crippen LogP contribution >= 0.6 is 0 Å². The van der Waals surface area contributed by atoms with Crippen molar-refractivity contribution in [3.05, 3.63) is 50.9 Å². The van der Waals surface area contributed by atoms with Gasteiger partial charge in [0.05, 0.1) is 18.1 Å². The Balaban J connectivity index is 2.13. The maximum atomic E-state index is 13.5. The summed E-state index contributed by atoms with van der Waals surface area (Å²) in [5.41, 5.74) is 0.506. The molecule has 0 saturated carbocycles. The molecule has 0 spiro atoms. The highest BCUT2D eigenvalue weighted by Gasteiger charge is 2.33. The van der Waals surface area contributed by atoms with E-state index < -0.39 is 11.0 Å². The largest absolute Gasteiger partial charge is 0.508 e. The molecule has 1 aromatic heterocycles. The number of methoxy groups -OCH3 is 1. The van der Waals surface area contributed by atoms with E-state index in [9.17, 15) is 20.1 Å². The van der Waals surface area contributed by atoms with Gasteiger partial charge in [-0.1, -0.05) is 11.6 Å². The Morgan fingerprint density at radius 2 is 1.81 bits per heavy atom. The minimum atomic E-state index is -0.993. The van der Waals surface area contributed by atoms with Crippen LogP contribution in [-0.2, 0) is 6.42 Å². The van der Waals surface area contributed by atoms with Gasteiger partial charge in [-0.25, -0.2) is 0 Å². The Labute approximate surface area is 178 Å². The number of aromatic hydroxyl groups is 2. The highest BCUT2D eigenvalue weighted by atomic mass is 16.5. The van der Waals surface area contributed by atoms with E-state index in [1.54, 1.807) is 13.8 Å². The van der Waals surface area contributed by atoms with E-state index >= 15 is 0 Å². The molecule has 0 radical (unpaired) electrons. The Morgan fingerprint density at radius 3 is 2.45 bits per heavy atom. The first-order valence-electron chi connectivity index (χ1n) is 9.84. The number of rotatable bonds is 3. The van der Waals surface area contributed by atoms with Crippen LogP contribution in [0.1, 0.15) is 38.8 Å². The molecule has 3 N–H and O–H groups in total. The second kappa shape index (κ2) is 6.97. The van der Waals surface area contributed by atoms with E-state index in [1.165, 1.54) is 25.3 Å². The van der Waals surface area contributed by atoms with E-state index in [0.29, 0.717) is 12.0 Å². The maximum absolute atomic E-state index is 13.5. The summed E-state index contributed by atoms with van der Waals surface area (Å²) < 4.78 is 17.1. The molecule has 0 saturated heterocycles. The minimum absolute atomic E-state index is 0.0372. The monoisotopic (exact) mass is 424 g/mol. The van der Waals surface area contributed by atoms with Crippen molar-refractivity contribution >= 4 is 28.0 Å². The lowest BCUT2D eigenvalue weighted by Crippen LogP contribution is -2.33. The zero-order valence-electron chi connectivity index (χ0n) is 18.0. The summed E-state index contributed by atoms with van der Waals surface area (Å²) in [6, 6.07) is 2.83. The molecule has 0 atom stereocenters. The third kappa shape index (κ3) is 3.17. The van der Waals surface area contributed by atoms with E-state index in [-0.39, 0.29) is 56.3 Å². The zero-order valence-corrected chi connectivity index (χ0v) is 18.0. The molecule has 0 aliphatic carbocycles. The molecule has 0 amide bonds. The first-order chi connectivity index (χ1) is 14.5. The van der Waals surface area contributed by atoms with Gasteiger partial charge >= 0.3 is 0 Å².